The Balaban J connectivity index is 2.68. The van der Waals surface area contributed by atoms with Gasteiger partial charge in [-0.05, 0) is 37.5 Å². The van der Waals surface area contributed by atoms with Crippen molar-refractivity contribution in [3.63, 3.8) is 0 Å². The third-order valence-corrected chi connectivity index (χ3v) is 2.85. The monoisotopic (exact) mass is 266 g/mol. The van der Waals surface area contributed by atoms with Gasteiger partial charge in [0.05, 0.1) is 12.7 Å². The molecular weight excluding hydrogens is 244 g/mol. The average molecular weight is 266 g/mol. The van der Waals surface area contributed by atoms with E-state index >= 15 is 0 Å². The summed E-state index contributed by atoms with van der Waals surface area (Å²) in [6, 6.07) is 7.13. The summed E-state index contributed by atoms with van der Waals surface area (Å²) in [5.74, 6) is 0.259. The minimum absolute atomic E-state index is 0.345. The quantitative estimate of drug-likeness (QED) is 0.771. The van der Waals surface area contributed by atoms with E-state index in [1.54, 1.807) is 31.2 Å². The van der Waals surface area contributed by atoms with Crippen molar-refractivity contribution in [1.29, 1.82) is 0 Å². The Hall–Kier alpha value is -1.55. The predicted molar refractivity (Wildman–Crippen MR) is 73.0 cm³/mol. The topological polar surface area (TPSA) is 55.8 Å². The molecular formula is C15H22O4. The summed E-state index contributed by atoms with van der Waals surface area (Å²) in [5, 5.41) is 9.69. The van der Waals surface area contributed by atoms with E-state index < -0.39 is 12.2 Å². The molecule has 1 aromatic rings. The third-order valence-electron chi connectivity index (χ3n) is 2.85. The van der Waals surface area contributed by atoms with Gasteiger partial charge < -0.3 is 14.6 Å². The summed E-state index contributed by atoms with van der Waals surface area (Å²) in [4.78, 5) is 11.6. The third kappa shape index (κ3) is 4.56. The van der Waals surface area contributed by atoms with Crippen LogP contribution in [0, 0.1) is 0 Å². The number of ether oxygens (including phenoxy) is 2. The smallest absolute Gasteiger partial charge is 0.347 e. The zero-order valence-electron chi connectivity index (χ0n) is 11.8. The van der Waals surface area contributed by atoms with Gasteiger partial charge >= 0.3 is 5.97 Å². The highest BCUT2D eigenvalue weighted by Crippen LogP contribution is 2.21. The van der Waals surface area contributed by atoms with Gasteiger partial charge in [-0.25, -0.2) is 4.79 Å². The minimum atomic E-state index is -0.582. The van der Waals surface area contributed by atoms with Crippen molar-refractivity contribution in [3.8, 4) is 5.75 Å². The van der Waals surface area contributed by atoms with Gasteiger partial charge in [0, 0.05) is 0 Å². The van der Waals surface area contributed by atoms with Crippen LogP contribution in [0.15, 0.2) is 24.3 Å². The van der Waals surface area contributed by atoms with E-state index in [1.165, 1.54) is 0 Å². The van der Waals surface area contributed by atoms with Crippen molar-refractivity contribution in [3.05, 3.63) is 29.8 Å². The van der Waals surface area contributed by atoms with Crippen molar-refractivity contribution in [2.45, 2.75) is 45.8 Å². The van der Waals surface area contributed by atoms with Gasteiger partial charge in [-0.15, -0.1) is 0 Å². The Morgan fingerprint density at radius 3 is 2.26 bits per heavy atom. The Morgan fingerprint density at radius 2 is 1.79 bits per heavy atom. The highest BCUT2D eigenvalue weighted by molar-refractivity contribution is 5.75. The zero-order chi connectivity index (χ0) is 14.3. The number of aliphatic hydroxyl groups excluding tert-OH is 1. The van der Waals surface area contributed by atoms with Gasteiger partial charge in [-0.3, -0.25) is 0 Å². The van der Waals surface area contributed by atoms with Crippen LogP contribution in [0.1, 0.15) is 45.3 Å². The molecule has 0 aliphatic heterocycles. The fourth-order valence-electron chi connectivity index (χ4n) is 1.70. The molecule has 1 N–H and O–H groups in total. The van der Waals surface area contributed by atoms with Crippen LogP contribution in [0.25, 0.3) is 0 Å². The Morgan fingerprint density at radius 1 is 1.16 bits per heavy atom. The lowest BCUT2D eigenvalue weighted by Crippen LogP contribution is -2.28. The lowest BCUT2D eigenvalue weighted by molar-refractivity contribution is -0.151. The van der Waals surface area contributed by atoms with Gasteiger partial charge in [0.2, 0.25) is 0 Å². The molecule has 0 radical (unpaired) electrons. The van der Waals surface area contributed by atoms with E-state index in [0.717, 1.165) is 5.56 Å². The molecule has 0 aliphatic carbocycles. The predicted octanol–water partition coefficient (Wildman–Crippen LogP) is 2.85. The maximum absolute atomic E-state index is 11.6. The fourth-order valence-corrected chi connectivity index (χ4v) is 1.70. The molecule has 1 unspecified atom stereocenters. The van der Waals surface area contributed by atoms with Crippen LogP contribution in [-0.4, -0.2) is 23.8 Å². The number of rotatable bonds is 7. The van der Waals surface area contributed by atoms with Crippen LogP contribution in [0.2, 0.25) is 0 Å². The van der Waals surface area contributed by atoms with E-state index in [0.29, 0.717) is 25.2 Å². The van der Waals surface area contributed by atoms with E-state index in [1.807, 2.05) is 13.8 Å². The molecule has 19 heavy (non-hydrogen) atoms. The van der Waals surface area contributed by atoms with Gasteiger partial charge in [-0.1, -0.05) is 26.0 Å². The van der Waals surface area contributed by atoms with E-state index in [4.69, 9.17) is 9.47 Å². The largest absolute Gasteiger partial charge is 0.479 e. The summed E-state index contributed by atoms with van der Waals surface area (Å²) in [5.41, 5.74) is 0.846. The maximum atomic E-state index is 11.6. The van der Waals surface area contributed by atoms with Gasteiger partial charge in [0.25, 0.3) is 0 Å². The number of aliphatic hydroxyl groups is 1. The van der Waals surface area contributed by atoms with Crippen LogP contribution in [0.3, 0.4) is 0 Å². The van der Waals surface area contributed by atoms with E-state index in [9.17, 15) is 9.90 Å². The molecule has 4 nitrogen and oxygen atoms in total. The number of carbonyl (C=O) groups excluding carboxylic acids is 1. The Kier molecular flexibility index (Phi) is 6.36. The van der Waals surface area contributed by atoms with Crippen LogP contribution >= 0.6 is 0 Å². The minimum Gasteiger partial charge on any atom is -0.479 e. The van der Waals surface area contributed by atoms with Crippen molar-refractivity contribution in [1.82, 2.24) is 0 Å². The molecule has 0 amide bonds. The standard InChI is InChI=1S/C15H22O4/c1-4-13(16)11-7-9-12(10-8-11)19-14(5-2)15(17)18-6-3/h7-10,13-14,16H,4-6H2,1-3H3/t13-,14?/m0/s1. The molecule has 0 aliphatic rings. The van der Waals surface area contributed by atoms with Gasteiger partial charge in [0.1, 0.15) is 5.75 Å². The first-order valence-electron chi connectivity index (χ1n) is 6.73. The fraction of sp³-hybridized carbons (Fsp3) is 0.533. The SMILES string of the molecule is CCOC(=O)C(CC)Oc1ccc([C@@H](O)CC)cc1. The molecule has 0 heterocycles. The molecule has 106 valence electrons. The van der Waals surface area contributed by atoms with Crippen molar-refractivity contribution >= 4 is 5.97 Å². The Labute approximate surface area is 114 Å². The molecule has 0 fully saturated rings. The molecule has 1 aromatic carbocycles. The summed E-state index contributed by atoms with van der Waals surface area (Å²) in [6.07, 6.45) is 0.182. The number of esters is 1. The second kappa shape index (κ2) is 7.79. The van der Waals surface area contributed by atoms with Gasteiger partial charge in [0.15, 0.2) is 6.10 Å². The summed E-state index contributed by atoms with van der Waals surface area (Å²) < 4.78 is 10.5. The zero-order valence-corrected chi connectivity index (χ0v) is 11.8. The molecule has 0 saturated heterocycles. The molecule has 0 aromatic heterocycles. The molecule has 0 spiro atoms. The average Bonchev–Trinajstić information content (AvgIpc) is 2.44. The number of hydrogen-bond acceptors (Lipinski definition) is 4. The van der Waals surface area contributed by atoms with Crippen LogP contribution < -0.4 is 4.74 Å². The molecule has 0 bridgehead atoms. The highest BCUT2D eigenvalue weighted by atomic mass is 16.6. The van der Waals surface area contributed by atoms with Crippen LogP contribution in [-0.2, 0) is 9.53 Å². The molecule has 2 atom stereocenters. The van der Waals surface area contributed by atoms with E-state index in [2.05, 4.69) is 0 Å². The van der Waals surface area contributed by atoms with Gasteiger partial charge in [-0.2, -0.15) is 0 Å². The van der Waals surface area contributed by atoms with Crippen molar-refractivity contribution in [2.75, 3.05) is 6.61 Å². The first kappa shape index (κ1) is 15.5. The molecule has 1 rings (SSSR count). The number of benzene rings is 1. The first-order chi connectivity index (χ1) is 9.12. The number of carbonyl (C=O) groups is 1. The normalized spacial score (nSPS) is 13.7. The van der Waals surface area contributed by atoms with Crippen molar-refractivity contribution < 1.29 is 19.4 Å². The summed E-state index contributed by atoms with van der Waals surface area (Å²) in [7, 11) is 0. The lowest BCUT2D eigenvalue weighted by atomic mass is 10.1. The second-order valence-corrected chi connectivity index (χ2v) is 4.26. The Bertz CT molecular complexity index is 386. The number of hydrogen-bond donors (Lipinski definition) is 1. The molecule has 4 heteroatoms. The summed E-state index contributed by atoms with van der Waals surface area (Å²) >= 11 is 0. The summed E-state index contributed by atoms with van der Waals surface area (Å²) in [6.45, 7) is 5.91. The maximum Gasteiger partial charge on any atom is 0.347 e. The van der Waals surface area contributed by atoms with E-state index in [-0.39, 0.29) is 5.97 Å². The molecule has 0 saturated carbocycles. The van der Waals surface area contributed by atoms with Crippen molar-refractivity contribution in [2.24, 2.45) is 0 Å². The first-order valence-corrected chi connectivity index (χ1v) is 6.73. The van der Waals surface area contributed by atoms with Crippen LogP contribution in [0.5, 0.6) is 5.75 Å². The second-order valence-electron chi connectivity index (χ2n) is 4.26. The lowest BCUT2D eigenvalue weighted by Gasteiger charge is -2.16. The van der Waals surface area contributed by atoms with Crippen LogP contribution in [0.4, 0.5) is 0 Å². The highest BCUT2D eigenvalue weighted by Gasteiger charge is 2.19.